The minimum Gasteiger partial charge on any atom is -0.391 e. The largest absolute Gasteiger partial charge is 0.391 e. The number of rotatable bonds is 3. The highest BCUT2D eigenvalue weighted by molar-refractivity contribution is 7.09. The number of aliphatic hydroxyl groups excluding tert-OH is 1. The van der Waals surface area contributed by atoms with Crippen molar-refractivity contribution in [2.75, 3.05) is 7.05 Å². The number of likely N-dealkylation sites (N-methyl/N-ethyl adjacent to an activating group) is 1. The van der Waals surface area contributed by atoms with Crippen molar-refractivity contribution in [2.45, 2.75) is 44.9 Å². The average Bonchev–Trinajstić information content (AvgIpc) is 2.76. The van der Waals surface area contributed by atoms with E-state index < -0.39 is 0 Å². The van der Waals surface area contributed by atoms with Gasteiger partial charge in [0.15, 0.2) is 0 Å². The fourth-order valence-corrected chi connectivity index (χ4v) is 3.10. The normalized spacial score (nSPS) is 26.4. The molecular weight excluding hydrogens is 208 g/mol. The molecule has 1 aliphatic rings. The number of aliphatic hydroxyl groups is 1. The minimum atomic E-state index is -0.136. The van der Waals surface area contributed by atoms with Crippen LogP contribution in [0.1, 0.15) is 29.8 Å². The molecule has 1 N–H and O–H groups in total. The Labute approximate surface area is 94.8 Å². The monoisotopic (exact) mass is 226 g/mol. The Morgan fingerprint density at radius 2 is 2.40 bits per heavy atom. The van der Waals surface area contributed by atoms with E-state index in [-0.39, 0.29) is 6.10 Å². The second kappa shape index (κ2) is 4.60. The lowest BCUT2D eigenvalue weighted by Crippen LogP contribution is -2.36. The van der Waals surface area contributed by atoms with Crippen LogP contribution < -0.4 is 0 Å². The summed E-state index contributed by atoms with van der Waals surface area (Å²) >= 11 is 1.70. The molecule has 1 heterocycles. The van der Waals surface area contributed by atoms with Crippen molar-refractivity contribution in [3.8, 4) is 0 Å². The molecular formula is C11H18N2OS. The molecule has 15 heavy (non-hydrogen) atoms. The van der Waals surface area contributed by atoms with Crippen LogP contribution in [0.25, 0.3) is 0 Å². The number of nitrogens with zero attached hydrogens (tertiary/aromatic N) is 2. The zero-order chi connectivity index (χ0) is 10.8. The number of thiazole rings is 1. The Morgan fingerprint density at radius 1 is 1.60 bits per heavy atom. The lowest BCUT2D eigenvalue weighted by atomic mass is 10.2. The number of aryl methyl sites for hydroxylation is 1. The molecule has 1 aromatic rings. The summed E-state index contributed by atoms with van der Waals surface area (Å²) in [6.07, 6.45) is 3.09. The Kier molecular flexibility index (Phi) is 3.38. The van der Waals surface area contributed by atoms with Gasteiger partial charge in [-0.05, 0) is 33.2 Å². The first-order valence-corrected chi connectivity index (χ1v) is 6.33. The average molecular weight is 226 g/mol. The quantitative estimate of drug-likeness (QED) is 0.853. The van der Waals surface area contributed by atoms with Crippen LogP contribution in [0.4, 0.5) is 0 Å². The SMILES string of the molecule is Cc1ncsc1CN(C)[C@@H]1CCC[C@H]1O. The van der Waals surface area contributed by atoms with E-state index in [1.807, 2.05) is 12.4 Å². The predicted molar refractivity (Wildman–Crippen MR) is 62.0 cm³/mol. The molecule has 1 fully saturated rings. The zero-order valence-electron chi connectivity index (χ0n) is 9.31. The second-order valence-corrected chi connectivity index (χ2v) is 5.28. The summed E-state index contributed by atoms with van der Waals surface area (Å²) in [6.45, 7) is 2.96. The van der Waals surface area contributed by atoms with E-state index in [2.05, 4.69) is 16.9 Å². The van der Waals surface area contributed by atoms with Crippen molar-refractivity contribution >= 4 is 11.3 Å². The van der Waals surface area contributed by atoms with Crippen LogP contribution in [0.2, 0.25) is 0 Å². The molecule has 0 unspecified atom stereocenters. The number of hydrogen-bond acceptors (Lipinski definition) is 4. The molecule has 2 atom stereocenters. The van der Waals surface area contributed by atoms with Crippen LogP contribution in [0.3, 0.4) is 0 Å². The smallest absolute Gasteiger partial charge is 0.0798 e. The molecule has 84 valence electrons. The van der Waals surface area contributed by atoms with Crippen LogP contribution in [-0.4, -0.2) is 34.2 Å². The standard InChI is InChI=1S/C11H18N2OS/c1-8-11(15-7-12-8)6-13(2)9-4-3-5-10(9)14/h7,9-10,14H,3-6H2,1-2H3/t9-,10-/m1/s1. The third-order valence-electron chi connectivity index (χ3n) is 3.25. The first-order valence-electron chi connectivity index (χ1n) is 5.45. The third-order valence-corrected chi connectivity index (χ3v) is 4.17. The van der Waals surface area contributed by atoms with E-state index in [1.165, 1.54) is 4.88 Å². The van der Waals surface area contributed by atoms with Crippen LogP contribution in [0.15, 0.2) is 5.51 Å². The van der Waals surface area contributed by atoms with Gasteiger partial charge in [-0.1, -0.05) is 0 Å². The summed E-state index contributed by atoms with van der Waals surface area (Å²) in [4.78, 5) is 7.82. The lowest BCUT2D eigenvalue weighted by molar-refractivity contribution is 0.0829. The van der Waals surface area contributed by atoms with Gasteiger partial charge in [-0.15, -0.1) is 11.3 Å². The fraction of sp³-hybridized carbons (Fsp3) is 0.727. The van der Waals surface area contributed by atoms with Crippen molar-refractivity contribution in [3.05, 3.63) is 16.1 Å². The Hall–Kier alpha value is -0.450. The van der Waals surface area contributed by atoms with Gasteiger partial charge in [-0.25, -0.2) is 4.98 Å². The van der Waals surface area contributed by atoms with Crippen LogP contribution in [0, 0.1) is 6.92 Å². The Morgan fingerprint density at radius 3 is 2.93 bits per heavy atom. The summed E-state index contributed by atoms with van der Waals surface area (Å²) in [6, 6.07) is 0.339. The van der Waals surface area contributed by atoms with E-state index >= 15 is 0 Å². The Balaban J connectivity index is 1.97. The number of aromatic nitrogens is 1. The van der Waals surface area contributed by atoms with Gasteiger partial charge in [0.05, 0.1) is 17.3 Å². The molecule has 0 radical (unpaired) electrons. The molecule has 0 saturated heterocycles. The van der Waals surface area contributed by atoms with E-state index in [1.54, 1.807) is 11.3 Å². The van der Waals surface area contributed by atoms with Gasteiger partial charge in [0, 0.05) is 17.5 Å². The highest BCUT2D eigenvalue weighted by atomic mass is 32.1. The van der Waals surface area contributed by atoms with Gasteiger partial charge in [-0.2, -0.15) is 0 Å². The van der Waals surface area contributed by atoms with Gasteiger partial charge in [-0.3, -0.25) is 4.90 Å². The predicted octanol–water partition coefficient (Wildman–Crippen LogP) is 1.80. The molecule has 0 amide bonds. The topological polar surface area (TPSA) is 36.4 Å². The molecule has 0 bridgehead atoms. The van der Waals surface area contributed by atoms with Crippen molar-refractivity contribution < 1.29 is 5.11 Å². The van der Waals surface area contributed by atoms with Crippen LogP contribution in [-0.2, 0) is 6.54 Å². The molecule has 1 aliphatic carbocycles. The van der Waals surface area contributed by atoms with Gasteiger partial charge in [0.2, 0.25) is 0 Å². The maximum absolute atomic E-state index is 9.80. The summed E-state index contributed by atoms with van der Waals surface area (Å²) in [5, 5.41) is 9.80. The van der Waals surface area contributed by atoms with E-state index in [9.17, 15) is 5.11 Å². The van der Waals surface area contributed by atoms with Crippen molar-refractivity contribution in [3.63, 3.8) is 0 Å². The summed E-state index contributed by atoms with van der Waals surface area (Å²) in [5.41, 5.74) is 3.02. The summed E-state index contributed by atoms with van der Waals surface area (Å²) in [7, 11) is 2.10. The molecule has 2 rings (SSSR count). The fourth-order valence-electron chi connectivity index (χ4n) is 2.26. The van der Waals surface area contributed by atoms with E-state index in [0.29, 0.717) is 6.04 Å². The molecule has 0 aromatic carbocycles. The van der Waals surface area contributed by atoms with Crippen molar-refractivity contribution in [1.82, 2.24) is 9.88 Å². The molecule has 0 spiro atoms. The van der Waals surface area contributed by atoms with Gasteiger partial charge in [0.25, 0.3) is 0 Å². The maximum Gasteiger partial charge on any atom is 0.0798 e. The third kappa shape index (κ3) is 2.38. The maximum atomic E-state index is 9.80. The van der Waals surface area contributed by atoms with E-state index in [0.717, 1.165) is 31.5 Å². The molecule has 3 nitrogen and oxygen atoms in total. The molecule has 4 heteroatoms. The van der Waals surface area contributed by atoms with E-state index in [4.69, 9.17) is 0 Å². The van der Waals surface area contributed by atoms with Gasteiger partial charge >= 0.3 is 0 Å². The highest BCUT2D eigenvalue weighted by Gasteiger charge is 2.28. The number of hydrogen-bond donors (Lipinski definition) is 1. The van der Waals surface area contributed by atoms with Gasteiger partial charge in [0.1, 0.15) is 0 Å². The molecule has 1 saturated carbocycles. The Bertz CT molecular complexity index is 326. The van der Waals surface area contributed by atoms with Crippen molar-refractivity contribution in [1.29, 1.82) is 0 Å². The zero-order valence-corrected chi connectivity index (χ0v) is 10.1. The molecule has 0 aliphatic heterocycles. The lowest BCUT2D eigenvalue weighted by Gasteiger charge is -2.26. The molecule has 1 aromatic heterocycles. The first kappa shape index (κ1) is 11.0. The second-order valence-electron chi connectivity index (χ2n) is 4.34. The summed E-state index contributed by atoms with van der Waals surface area (Å²) < 4.78 is 0. The minimum absolute atomic E-state index is 0.136. The van der Waals surface area contributed by atoms with Crippen LogP contribution >= 0.6 is 11.3 Å². The van der Waals surface area contributed by atoms with Crippen molar-refractivity contribution in [2.24, 2.45) is 0 Å². The van der Waals surface area contributed by atoms with Gasteiger partial charge < -0.3 is 5.11 Å². The summed E-state index contributed by atoms with van der Waals surface area (Å²) in [5.74, 6) is 0. The first-order chi connectivity index (χ1) is 7.18. The highest BCUT2D eigenvalue weighted by Crippen LogP contribution is 2.25. The van der Waals surface area contributed by atoms with Crippen LogP contribution in [0.5, 0.6) is 0 Å².